The number of nitrogens with zero attached hydrogens (tertiary/aromatic N) is 2. The van der Waals surface area contributed by atoms with Gasteiger partial charge in [-0.25, -0.2) is 0 Å². The maximum atomic E-state index is 7.73. The number of anilines is 6. The first kappa shape index (κ1) is 44.0. The molecule has 12 rings (SSSR count). The average molecular weight is 897 g/mol. The van der Waals surface area contributed by atoms with Crippen molar-refractivity contribution in [3.63, 3.8) is 0 Å². The average Bonchev–Trinajstić information content (AvgIpc) is 3.65. The molecule has 0 N–H and O–H groups in total. The lowest BCUT2D eigenvalue weighted by atomic mass is 9.35. The fraction of sp³-hybridized carbons (Fsp3) is 0.438. The Bertz CT molecular complexity index is 3300. The molecule has 348 valence electrons. The molecule has 0 radical (unpaired) electrons. The van der Waals surface area contributed by atoms with Crippen molar-refractivity contribution in [3.05, 3.63) is 136 Å². The van der Waals surface area contributed by atoms with Crippen molar-refractivity contribution in [2.24, 2.45) is 0 Å². The van der Waals surface area contributed by atoms with Gasteiger partial charge in [-0.05, 0) is 180 Å². The fourth-order valence-corrected chi connectivity index (χ4v) is 13.7. The SMILES string of the molecule is CC(C)(C)c1cc2c3c(c1)N(c1cccc4ccccc14)c1c(oc4cc5c(cc14)C(C)(C)CCC5(C)C)B3c1cc3c(cc1N2c1ccc2c(c1)C(C)(C)CCC2(C)C)C(C)(C)CCC3(C)C. The molecule has 0 fully saturated rings. The number of hydrogen-bond acceptors (Lipinski definition) is 3. The van der Waals surface area contributed by atoms with Gasteiger partial charge in [-0.1, -0.05) is 152 Å². The van der Waals surface area contributed by atoms with Crippen molar-refractivity contribution in [2.45, 2.75) is 180 Å². The van der Waals surface area contributed by atoms with Crippen LogP contribution in [0, 0.1) is 0 Å². The van der Waals surface area contributed by atoms with Crippen LogP contribution in [0.5, 0.6) is 0 Å². The van der Waals surface area contributed by atoms with E-state index in [0.717, 1.165) is 36.9 Å². The quantitative estimate of drug-likeness (QED) is 0.161. The van der Waals surface area contributed by atoms with Crippen LogP contribution in [0.4, 0.5) is 34.1 Å². The first-order valence-electron chi connectivity index (χ1n) is 26.0. The van der Waals surface area contributed by atoms with E-state index in [-0.39, 0.29) is 44.6 Å². The Balaban J connectivity index is 1.26. The van der Waals surface area contributed by atoms with Gasteiger partial charge < -0.3 is 14.2 Å². The summed E-state index contributed by atoms with van der Waals surface area (Å²) >= 11 is 0. The molecule has 0 spiro atoms. The van der Waals surface area contributed by atoms with Gasteiger partial charge in [0.1, 0.15) is 5.58 Å². The van der Waals surface area contributed by atoms with Crippen LogP contribution in [-0.4, -0.2) is 6.71 Å². The van der Waals surface area contributed by atoms with Gasteiger partial charge in [0.05, 0.1) is 17.0 Å². The summed E-state index contributed by atoms with van der Waals surface area (Å²) in [4.78, 5) is 5.35. The lowest BCUT2D eigenvalue weighted by Crippen LogP contribution is -2.61. The van der Waals surface area contributed by atoms with Gasteiger partial charge in [0.15, 0.2) is 0 Å². The van der Waals surface area contributed by atoms with E-state index >= 15 is 0 Å². The normalized spacial score (nSPS) is 20.8. The number of rotatable bonds is 2. The molecule has 3 nitrogen and oxygen atoms in total. The summed E-state index contributed by atoms with van der Waals surface area (Å²) in [6.07, 6.45) is 7.01. The predicted octanol–water partition coefficient (Wildman–Crippen LogP) is 16.0. The standard InChI is InChI=1S/C64H73BN2O/c1-58(2,3)39-31-52-55-53(32-39)67(50-22-18-20-38-19-16-17-21-41(38)50)56-42-34-45-48(64(14,15)30-27-61(45,8)9)37-54(42)68-57(56)65(55)49-35-46-47(63(12,13)29-28-62(46,10)11)36-51(49)66(52)40-23-24-43-44(33-40)60(6,7)26-25-59(43,4)5/h16-24,31-37H,25-30H2,1-15H3. The summed E-state index contributed by atoms with van der Waals surface area (Å²) in [5.41, 5.74) is 22.6. The van der Waals surface area contributed by atoms with Crippen LogP contribution in [-0.2, 0) is 37.9 Å². The number of furan rings is 1. The second-order valence-electron chi connectivity index (χ2n) is 27.0. The largest absolute Gasteiger partial charge is 0.468 e. The van der Waals surface area contributed by atoms with Gasteiger partial charge in [0.2, 0.25) is 0 Å². The molecular formula is C64H73BN2O. The van der Waals surface area contributed by atoms with Crippen molar-refractivity contribution in [2.75, 3.05) is 9.80 Å². The molecule has 0 amide bonds. The Morgan fingerprint density at radius 1 is 0.456 bits per heavy atom. The lowest BCUT2D eigenvalue weighted by molar-refractivity contribution is 0.332. The monoisotopic (exact) mass is 897 g/mol. The zero-order valence-electron chi connectivity index (χ0n) is 43.9. The Kier molecular flexibility index (Phi) is 8.91. The Morgan fingerprint density at radius 2 is 0.971 bits per heavy atom. The third-order valence-electron chi connectivity index (χ3n) is 18.6. The van der Waals surface area contributed by atoms with Crippen LogP contribution in [0.1, 0.15) is 181 Å². The molecule has 0 saturated carbocycles. The first-order chi connectivity index (χ1) is 31.8. The highest BCUT2D eigenvalue weighted by Crippen LogP contribution is 2.55. The van der Waals surface area contributed by atoms with Gasteiger partial charge in [0, 0.05) is 33.5 Å². The Morgan fingerprint density at radius 3 is 1.59 bits per heavy atom. The van der Waals surface area contributed by atoms with Crippen LogP contribution < -0.4 is 26.4 Å². The van der Waals surface area contributed by atoms with E-state index in [1.807, 2.05) is 0 Å². The van der Waals surface area contributed by atoms with Crippen molar-refractivity contribution >= 4 is 79.2 Å². The molecule has 1 aromatic heterocycles. The van der Waals surface area contributed by atoms with E-state index in [2.05, 4.69) is 211 Å². The maximum Gasteiger partial charge on any atom is 0.297 e. The van der Waals surface area contributed by atoms with Gasteiger partial charge in [-0.15, -0.1) is 0 Å². The zero-order valence-corrected chi connectivity index (χ0v) is 43.9. The highest BCUT2D eigenvalue weighted by Gasteiger charge is 2.51. The zero-order chi connectivity index (χ0) is 48.0. The molecule has 0 atom stereocenters. The minimum Gasteiger partial charge on any atom is -0.468 e. The summed E-state index contributed by atoms with van der Waals surface area (Å²) in [5, 5.41) is 3.70. The molecule has 0 unspecified atom stereocenters. The molecule has 5 aliphatic rings. The van der Waals surface area contributed by atoms with Crippen molar-refractivity contribution < 1.29 is 4.42 Å². The van der Waals surface area contributed by atoms with E-state index in [4.69, 9.17) is 4.42 Å². The van der Waals surface area contributed by atoms with Crippen LogP contribution >= 0.6 is 0 Å². The second kappa shape index (κ2) is 13.8. The highest BCUT2D eigenvalue weighted by atomic mass is 16.3. The molecule has 2 aliphatic heterocycles. The minimum absolute atomic E-state index is 0.0297. The third-order valence-corrected chi connectivity index (χ3v) is 18.6. The van der Waals surface area contributed by atoms with E-state index in [9.17, 15) is 0 Å². The maximum absolute atomic E-state index is 7.73. The predicted molar refractivity (Wildman–Crippen MR) is 292 cm³/mol. The van der Waals surface area contributed by atoms with Gasteiger partial charge in [0.25, 0.3) is 6.71 Å². The van der Waals surface area contributed by atoms with Gasteiger partial charge in [-0.3, -0.25) is 0 Å². The molecular weight excluding hydrogens is 824 g/mol. The van der Waals surface area contributed by atoms with Crippen LogP contribution in [0.3, 0.4) is 0 Å². The first-order valence-corrected chi connectivity index (χ1v) is 26.0. The summed E-state index contributed by atoms with van der Waals surface area (Å²) in [6, 6.07) is 38.9. The van der Waals surface area contributed by atoms with Crippen LogP contribution in [0.25, 0.3) is 21.7 Å². The Labute approximate surface area is 407 Å². The van der Waals surface area contributed by atoms with E-state index in [1.54, 1.807) is 0 Å². The van der Waals surface area contributed by atoms with Crippen molar-refractivity contribution in [1.29, 1.82) is 0 Å². The molecule has 0 saturated heterocycles. The van der Waals surface area contributed by atoms with Gasteiger partial charge >= 0.3 is 0 Å². The molecule has 4 heteroatoms. The summed E-state index contributed by atoms with van der Waals surface area (Å²) in [5.74, 6) is 0. The lowest BCUT2D eigenvalue weighted by Gasteiger charge is -2.47. The summed E-state index contributed by atoms with van der Waals surface area (Å²) in [6.45, 7) is 36.6. The number of benzene rings is 6. The van der Waals surface area contributed by atoms with Crippen LogP contribution in [0.15, 0.2) is 101 Å². The fourth-order valence-electron chi connectivity index (χ4n) is 13.7. The number of fused-ring (bicyclic) bond motifs is 10. The van der Waals surface area contributed by atoms with E-state index in [0.29, 0.717) is 0 Å². The molecule has 7 aromatic rings. The molecule has 0 bridgehead atoms. The number of hydrogen-bond donors (Lipinski definition) is 0. The van der Waals surface area contributed by atoms with Crippen molar-refractivity contribution in [3.8, 4) is 0 Å². The summed E-state index contributed by atoms with van der Waals surface area (Å²) < 4.78 is 7.73. The molecule has 68 heavy (non-hydrogen) atoms. The highest BCUT2D eigenvalue weighted by molar-refractivity contribution is 7.00. The van der Waals surface area contributed by atoms with E-state index in [1.165, 1.54) is 113 Å². The van der Waals surface area contributed by atoms with E-state index < -0.39 is 0 Å². The molecule has 3 aliphatic carbocycles. The topological polar surface area (TPSA) is 19.6 Å². The second-order valence-corrected chi connectivity index (χ2v) is 27.0. The smallest absolute Gasteiger partial charge is 0.297 e. The molecule has 6 aromatic carbocycles. The molecule has 3 heterocycles. The third kappa shape index (κ3) is 6.16. The minimum atomic E-state index is -0.130. The van der Waals surface area contributed by atoms with Crippen molar-refractivity contribution in [1.82, 2.24) is 0 Å². The van der Waals surface area contributed by atoms with Gasteiger partial charge in [-0.2, -0.15) is 0 Å². The Hall–Kier alpha value is -5.22. The van der Waals surface area contributed by atoms with Crippen LogP contribution in [0.2, 0.25) is 0 Å². The summed E-state index contributed by atoms with van der Waals surface area (Å²) in [7, 11) is 0.